The van der Waals surface area contributed by atoms with E-state index in [1.54, 1.807) is 18.2 Å². The van der Waals surface area contributed by atoms with Gasteiger partial charge in [-0.2, -0.15) is 5.26 Å². The molecule has 88 valence electrons. The predicted molar refractivity (Wildman–Crippen MR) is 63.2 cm³/mol. The third-order valence-corrected chi connectivity index (χ3v) is 2.48. The van der Waals surface area contributed by atoms with E-state index in [1.807, 2.05) is 0 Å². The van der Waals surface area contributed by atoms with Crippen molar-refractivity contribution in [3.63, 3.8) is 0 Å². The first-order valence-corrected chi connectivity index (χ1v) is 5.06. The summed E-state index contributed by atoms with van der Waals surface area (Å²) in [5.74, 6) is -0.637. The minimum Gasteiger partial charge on any atom is -0.258 e. The van der Waals surface area contributed by atoms with E-state index in [0.29, 0.717) is 11.1 Å². The van der Waals surface area contributed by atoms with Gasteiger partial charge in [0.2, 0.25) is 0 Å². The molecule has 0 fully saturated rings. The van der Waals surface area contributed by atoms with Crippen molar-refractivity contribution in [2.24, 2.45) is 0 Å². The monoisotopic (exact) mass is 242 g/mol. The van der Waals surface area contributed by atoms with Crippen LogP contribution in [0.1, 0.15) is 5.56 Å². The molecule has 0 N–H and O–H groups in total. The van der Waals surface area contributed by atoms with Crippen LogP contribution in [-0.2, 0) is 0 Å². The molecule has 0 unspecified atom stereocenters. The summed E-state index contributed by atoms with van der Waals surface area (Å²) in [5.41, 5.74) is 0.921. The molecule has 0 aliphatic rings. The van der Waals surface area contributed by atoms with Gasteiger partial charge >= 0.3 is 0 Å². The molecule has 4 nitrogen and oxygen atoms in total. The molecule has 0 radical (unpaired) electrons. The summed E-state index contributed by atoms with van der Waals surface area (Å²) in [6, 6.07) is 11.7. The van der Waals surface area contributed by atoms with E-state index >= 15 is 0 Å². The van der Waals surface area contributed by atoms with Crippen LogP contribution in [-0.4, -0.2) is 4.92 Å². The number of nitrogens with zero attached hydrogens (tertiary/aromatic N) is 2. The first-order chi connectivity index (χ1) is 8.61. The van der Waals surface area contributed by atoms with Gasteiger partial charge in [-0.1, -0.05) is 18.2 Å². The molecule has 0 aliphatic heterocycles. The standard InChI is InChI=1S/C13H7FN2O2/c14-13-7-10(4-5-11(13)8-15)9-2-1-3-12(6-9)16(17)18/h1-7H. The molecule has 0 spiro atoms. The van der Waals surface area contributed by atoms with E-state index in [1.165, 1.54) is 30.3 Å². The Bertz CT molecular complexity index is 662. The number of halogens is 1. The van der Waals surface area contributed by atoms with Crippen molar-refractivity contribution in [2.75, 3.05) is 0 Å². The van der Waals surface area contributed by atoms with Gasteiger partial charge in [0.05, 0.1) is 10.5 Å². The van der Waals surface area contributed by atoms with Crippen molar-refractivity contribution in [1.29, 1.82) is 5.26 Å². The van der Waals surface area contributed by atoms with E-state index < -0.39 is 10.7 Å². The zero-order valence-electron chi connectivity index (χ0n) is 9.13. The fourth-order valence-electron chi connectivity index (χ4n) is 1.58. The number of nitriles is 1. The molecule has 0 aromatic heterocycles. The summed E-state index contributed by atoms with van der Waals surface area (Å²) < 4.78 is 13.4. The summed E-state index contributed by atoms with van der Waals surface area (Å²) >= 11 is 0. The lowest BCUT2D eigenvalue weighted by Gasteiger charge is -2.02. The molecule has 2 aromatic rings. The van der Waals surface area contributed by atoms with Crippen LogP contribution >= 0.6 is 0 Å². The summed E-state index contributed by atoms with van der Waals surface area (Å²) in [7, 11) is 0. The van der Waals surface area contributed by atoms with Crippen molar-refractivity contribution >= 4 is 5.69 Å². The molecular formula is C13H7FN2O2. The highest BCUT2D eigenvalue weighted by Gasteiger charge is 2.09. The molecule has 2 aromatic carbocycles. The van der Waals surface area contributed by atoms with Gasteiger partial charge in [0.15, 0.2) is 0 Å². The van der Waals surface area contributed by atoms with Gasteiger partial charge in [0.1, 0.15) is 11.9 Å². The maximum atomic E-state index is 13.4. The van der Waals surface area contributed by atoms with Gasteiger partial charge < -0.3 is 0 Å². The van der Waals surface area contributed by atoms with Gasteiger partial charge in [0, 0.05) is 12.1 Å². The minimum atomic E-state index is -0.637. The first-order valence-electron chi connectivity index (χ1n) is 5.06. The highest BCUT2D eigenvalue weighted by atomic mass is 19.1. The quantitative estimate of drug-likeness (QED) is 0.599. The van der Waals surface area contributed by atoms with Gasteiger partial charge in [-0.25, -0.2) is 4.39 Å². The lowest BCUT2D eigenvalue weighted by Crippen LogP contribution is -1.89. The maximum absolute atomic E-state index is 13.4. The number of hydrogen-bond donors (Lipinski definition) is 0. The Hall–Kier alpha value is -2.74. The van der Waals surface area contributed by atoms with Gasteiger partial charge in [0.25, 0.3) is 5.69 Å². The molecule has 2 rings (SSSR count). The summed E-state index contributed by atoms with van der Waals surface area (Å²) in [6.45, 7) is 0. The topological polar surface area (TPSA) is 66.9 Å². The van der Waals surface area contributed by atoms with Crippen LogP contribution in [0.2, 0.25) is 0 Å². The van der Waals surface area contributed by atoms with Crippen molar-refractivity contribution < 1.29 is 9.31 Å². The SMILES string of the molecule is N#Cc1ccc(-c2cccc([N+](=O)[O-])c2)cc1F. The predicted octanol–water partition coefficient (Wildman–Crippen LogP) is 3.27. The van der Waals surface area contributed by atoms with Gasteiger partial charge in [-0.15, -0.1) is 0 Å². The number of nitro groups is 1. The van der Waals surface area contributed by atoms with E-state index in [9.17, 15) is 14.5 Å². The van der Waals surface area contributed by atoms with Crippen LogP contribution in [0.25, 0.3) is 11.1 Å². The van der Waals surface area contributed by atoms with Crippen LogP contribution in [0.4, 0.5) is 10.1 Å². The van der Waals surface area contributed by atoms with Crippen molar-refractivity contribution in [2.45, 2.75) is 0 Å². The fourth-order valence-corrected chi connectivity index (χ4v) is 1.58. The summed E-state index contributed by atoms with van der Waals surface area (Å²) in [5, 5.41) is 19.3. The second-order valence-electron chi connectivity index (χ2n) is 3.61. The Morgan fingerprint density at radius 3 is 2.50 bits per heavy atom. The number of benzene rings is 2. The van der Waals surface area contributed by atoms with Crippen LogP contribution < -0.4 is 0 Å². The average Bonchev–Trinajstić information content (AvgIpc) is 2.38. The highest BCUT2D eigenvalue weighted by Crippen LogP contribution is 2.25. The number of non-ortho nitro benzene ring substituents is 1. The van der Waals surface area contributed by atoms with Crippen molar-refractivity contribution in [3.8, 4) is 17.2 Å². The van der Waals surface area contributed by atoms with Crippen molar-refractivity contribution in [3.05, 3.63) is 64.0 Å². The van der Waals surface area contributed by atoms with Crippen molar-refractivity contribution in [1.82, 2.24) is 0 Å². The Morgan fingerprint density at radius 2 is 1.89 bits per heavy atom. The third kappa shape index (κ3) is 2.18. The molecule has 5 heteroatoms. The van der Waals surface area contributed by atoms with E-state index in [2.05, 4.69) is 0 Å². The normalized spacial score (nSPS) is 9.78. The largest absolute Gasteiger partial charge is 0.270 e. The molecule has 18 heavy (non-hydrogen) atoms. The van der Waals surface area contributed by atoms with Crippen LogP contribution in [0.5, 0.6) is 0 Å². The maximum Gasteiger partial charge on any atom is 0.270 e. The zero-order chi connectivity index (χ0) is 13.1. The molecule has 0 aliphatic carbocycles. The summed E-state index contributed by atoms with van der Waals surface area (Å²) in [6.07, 6.45) is 0. The molecule has 0 heterocycles. The highest BCUT2D eigenvalue weighted by molar-refractivity contribution is 5.67. The van der Waals surface area contributed by atoms with Gasteiger partial charge in [-0.3, -0.25) is 10.1 Å². The molecular weight excluding hydrogens is 235 g/mol. The van der Waals surface area contributed by atoms with Crippen LogP contribution in [0.15, 0.2) is 42.5 Å². The smallest absolute Gasteiger partial charge is 0.258 e. The van der Waals surface area contributed by atoms with Gasteiger partial charge in [-0.05, 0) is 23.3 Å². The Labute approximate surface area is 102 Å². The number of hydrogen-bond acceptors (Lipinski definition) is 3. The number of nitro benzene ring substituents is 1. The van der Waals surface area contributed by atoms with E-state index in [0.717, 1.165) is 0 Å². The molecule has 0 saturated carbocycles. The van der Waals surface area contributed by atoms with Crippen LogP contribution in [0, 0.1) is 27.3 Å². The minimum absolute atomic E-state index is 0.0517. The molecule has 0 bridgehead atoms. The van der Waals surface area contributed by atoms with Crippen LogP contribution in [0.3, 0.4) is 0 Å². The third-order valence-electron chi connectivity index (χ3n) is 2.48. The Balaban J connectivity index is 2.49. The second kappa shape index (κ2) is 4.63. The van der Waals surface area contributed by atoms with E-state index in [-0.39, 0.29) is 11.3 Å². The zero-order valence-corrected chi connectivity index (χ0v) is 9.13. The molecule has 0 amide bonds. The lowest BCUT2D eigenvalue weighted by atomic mass is 10.0. The summed E-state index contributed by atoms with van der Waals surface area (Å²) in [4.78, 5) is 10.1. The number of rotatable bonds is 2. The average molecular weight is 242 g/mol. The lowest BCUT2D eigenvalue weighted by molar-refractivity contribution is -0.384. The Morgan fingerprint density at radius 1 is 1.17 bits per heavy atom. The molecule has 0 atom stereocenters. The van der Waals surface area contributed by atoms with E-state index in [4.69, 9.17) is 5.26 Å². The first kappa shape index (κ1) is 11.7. The Kier molecular flexibility index (Phi) is 3.02. The molecule has 0 saturated heterocycles. The fraction of sp³-hybridized carbons (Fsp3) is 0. The second-order valence-corrected chi connectivity index (χ2v) is 3.61.